The van der Waals surface area contributed by atoms with Crippen molar-refractivity contribution in [2.75, 3.05) is 4.90 Å². The van der Waals surface area contributed by atoms with Crippen molar-refractivity contribution in [1.29, 1.82) is 0 Å². The van der Waals surface area contributed by atoms with Crippen LogP contribution in [-0.4, -0.2) is 24.1 Å². The summed E-state index contributed by atoms with van der Waals surface area (Å²) < 4.78 is 10.5. The van der Waals surface area contributed by atoms with Crippen LogP contribution < -0.4 is 4.90 Å². The number of hydrogen-bond acceptors (Lipinski definition) is 5. The minimum absolute atomic E-state index is 0.642. The second-order valence-electron chi connectivity index (χ2n) is 15.3. The average Bonchev–Trinajstić information content (AvgIpc) is 4.05. The first-order valence-corrected chi connectivity index (χ1v) is 20.7. The van der Waals surface area contributed by atoms with E-state index in [0.29, 0.717) is 5.71 Å². The molecule has 0 spiro atoms. The van der Waals surface area contributed by atoms with Crippen molar-refractivity contribution in [2.24, 2.45) is 0 Å². The number of benzene rings is 8. The fourth-order valence-corrected chi connectivity index (χ4v) is 8.65. The van der Waals surface area contributed by atoms with Crippen LogP contribution in [0.25, 0.3) is 89.4 Å². The number of nitrogens with zero attached hydrogens (tertiary/aromatic N) is 6. The summed E-state index contributed by atoms with van der Waals surface area (Å²) in [5.41, 5.74) is 14.8. The number of pyridine rings is 1. The Hall–Kier alpha value is -8.55. The molecule has 0 atom stereocenters. The van der Waals surface area contributed by atoms with Crippen LogP contribution in [0.4, 0.5) is 17.1 Å². The number of hydrogen-bond donors (Lipinski definition) is 0. The Morgan fingerprint density at radius 1 is 0.387 bits per heavy atom. The minimum Gasteiger partial charge on any atom is -0.438 e. The molecule has 0 N–H and O–H groups in total. The number of fused-ring (bicyclic) bond motifs is 5. The molecule has 4 heterocycles. The summed E-state index contributed by atoms with van der Waals surface area (Å²) in [6, 6.07) is 73.8. The quantitative estimate of drug-likeness (QED) is 0.153. The van der Waals surface area contributed by atoms with Gasteiger partial charge in [-0.25, -0.2) is 15.0 Å². The molecular weight excluding hydrogens is 761 g/mol. The predicted octanol–water partition coefficient (Wildman–Crippen LogP) is 14.1. The first-order valence-electron chi connectivity index (χ1n) is 20.7. The van der Waals surface area contributed by atoms with Gasteiger partial charge in [-0.2, -0.15) is 0 Å². The van der Waals surface area contributed by atoms with Gasteiger partial charge in [-0.05, 0) is 127 Å². The van der Waals surface area contributed by atoms with Crippen LogP contribution >= 0.6 is 0 Å². The first-order chi connectivity index (χ1) is 30.7. The molecule has 8 aromatic carbocycles. The lowest BCUT2D eigenvalue weighted by molar-refractivity contribution is 0.654. The van der Waals surface area contributed by atoms with Crippen LogP contribution in [-0.2, 0) is 0 Å². The number of anilines is 3. The molecule has 12 aromatic rings. The maximum absolute atomic E-state index is 6.03. The van der Waals surface area contributed by atoms with Crippen molar-refractivity contribution in [2.45, 2.75) is 0 Å². The van der Waals surface area contributed by atoms with Crippen molar-refractivity contribution in [3.8, 4) is 45.3 Å². The van der Waals surface area contributed by atoms with Crippen molar-refractivity contribution < 1.29 is 4.42 Å². The van der Waals surface area contributed by atoms with Gasteiger partial charge in [0.1, 0.15) is 17.2 Å². The maximum Gasteiger partial charge on any atom is 0.227 e. The second kappa shape index (κ2) is 14.6. The van der Waals surface area contributed by atoms with E-state index in [0.717, 1.165) is 101 Å². The molecule has 0 aliphatic rings. The lowest BCUT2D eigenvalue weighted by Crippen LogP contribution is -2.10. The summed E-state index contributed by atoms with van der Waals surface area (Å²) >= 11 is 0. The zero-order valence-corrected chi connectivity index (χ0v) is 33.4. The van der Waals surface area contributed by atoms with Crippen molar-refractivity contribution in [3.63, 3.8) is 0 Å². The van der Waals surface area contributed by atoms with Crippen LogP contribution in [0.15, 0.2) is 223 Å². The highest BCUT2D eigenvalue weighted by Crippen LogP contribution is 2.40. The van der Waals surface area contributed by atoms with E-state index in [9.17, 15) is 0 Å². The Labute approximate surface area is 357 Å². The number of aromatic nitrogens is 5. The molecule has 0 aliphatic heterocycles. The Bertz CT molecular complexity index is 3390. The molecule has 0 unspecified atom stereocenters. The Kier molecular flexibility index (Phi) is 8.35. The van der Waals surface area contributed by atoms with E-state index in [2.05, 4.69) is 184 Å². The summed E-state index contributed by atoms with van der Waals surface area (Å²) in [7, 11) is 0. The van der Waals surface area contributed by atoms with Crippen LogP contribution in [0.5, 0.6) is 0 Å². The molecule has 0 aliphatic carbocycles. The van der Waals surface area contributed by atoms with Crippen LogP contribution in [0.3, 0.4) is 0 Å². The van der Waals surface area contributed by atoms with Gasteiger partial charge in [0.25, 0.3) is 0 Å². The van der Waals surface area contributed by atoms with Gasteiger partial charge in [0.15, 0.2) is 0 Å². The van der Waals surface area contributed by atoms with E-state index in [-0.39, 0.29) is 0 Å². The summed E-state index contributed by atoms with van der Waals surface area (Å²) in [6.07, 6.45) is 1.89. The molecular formula is C55H36N6O. The van der Waals surface area contributed by atoms with Crippen LogP contribution in [0.2, 0.25) is 0 Å². The zero-order valence-electron chi connectivity index (χ0n) is 33.4. The highest BCUT2D eigenvalue weighted by atomic mass is 16.3. The molecule has 292 valence electrons. The molecule has 0 fully saturated rings. The van der Waals surface area contributed by atoms with Gasteiger partial charge in [-0.15, -0.1) is 0 Å². The second-order valence-corrected chi connectivity index (χ2v) is 15.3. The summed E-state index contributed by atoms with van der Waals surface area (Å²) in [5.74, 6) is 1.78. The Balaban J connectivity index is 0.957. The summed E-state index contributed by atoms with van der Waals surface area (Å²) in [5, 5.41) is 2.07. The normalized spacial score (nSPS) is 11.5. The Morgan fingerprint density at radius 3 is 1.37 bits per heavy atom. The molecule has 0 saturated carbocycles. The van der Waals surface area contributed by atoms with Gasteiger partial charge < -0.3 is 9.32 Å². The number of rotatable bonds is 8. The molecule has 62 heavy (non-hydrogen) atoms. The van der Waals surface area contributed by atoms with Gasteiger partial charge in [-0.3, -0.25) is 9.13 Å². The fraction of sp³-hybridized carbons (Fsp3) is 0. The zero-order chi connectivity index (χ0) is 41.0. The lowest BCUT2D eigenvalue weighted by Gasteiger charge is -2.26. The van der Waals surface area contributed by atoms with E-state index in [4.69, 9.17) is 19.4 Å². The molecule has 7 nitrogen and oxygen atoms in total. The summed E-state index contributed by atoms with van der Waals surface area (Å²) in [6.45, 7) is 0. The minimum atomic E-state index is 0.642. The smallest absolute Gasteiger partial charge is 0.227 e. The third kappa shape index (κ3) is 6.02. The molecule has 7 heteroatoms. The highest BCUT2D eigenvalue weighted by Gasteiger charge is 2.19. The van der Waals surface area contributed by atoms with E-state index in [1.54, 1.807) is 0 Å². The van der Waals surface area contributed by atoms with E-state index >= 15 is 0 Å². The van der Waals surface area contributed by atoms with Crippen LogP contribution in [0, 0.1) is 0 Å². The predicted molar refractivity (Wildman–Crippen MR) is 252 cm³/mol. The van der Waals surface area contributed by atoms with Crippen molar-refractivity contribution in [1.82, 2.24) is 24.1 Å². The number of imidazole rings is 2. The molecule has 0 amide bonds. The maximum atomic E-state index is 6.03. The third-order valence-corrected chi connectivity index (χ3v) is 11.6. The third-order valence-electron chi connectivity index (χ3n) is 11.6. The van der Waals surface area contributed by atoms with Gasteiger partial charge in [-0.1, -0.05) is 91.0 Å². The fourth-order valence-electron chi connectivity index (χ4n) is 8.65. The average molecular weight is 797 g/mol. The van der Waals surface area contributed by atoms with Gasteiger partial charge in [0, 0.05) is 62.1 Å². The monoisotopic (exact) mass is 796 g/mol. The molecule has 0 bridgehead atoms. The highest BCUT2D eigenvalue weighted by molar-refractivity contribution is 6.04. The van der Waals surface area contributed by atoms with Crippen LogP contribution in [0.1, 0.15) is 0 Å². The number of furan rings is 1. The van der Waals surface area contributed by atoms with E-state index < -0.39 is 0 Å². The molecule has 4 aromatic heterocycles. The van der Waals surface area contributed by atoms with Crippen molar-refractivity contribution in [3.05, 3.63) is 219 Å². The van der Waals surface area contributed by atoms with Crippen molar-refractivity contribution >= 4 is 61.2 Å². The molecule has 12 rings (SSSR count). The molecule has 0 radical (unpaired) electrons. The topological polar surface area (TPSA) is 64.9 Å². The van der Waals surface area contributed by atoms with Gasteiger partial charge >= 0.3 is 0 Å². The standard InChI is InChI=1S/C55H36N6O/c1-3-13-41(14-4-1)60-50-20-10-8-18-48(50)57-53(60)38-25-31-44(32-26-38)59(43-29-23-37(24-30-43)40-35-47-46-17-7-12-22-52(46)62-55(47)56-36-40)45-33-27-39(28-34-45)54-58-49-19-9-11-21-51(49)61(54)42-15-5-2-6-16-42/h1-36H. The molecule has 0 saturated heterocycles. The number of para-hydroxylation sites is 7. The largest absolute Gasteiger partial charge is 0.438 e. The summed E-state index contributed by atoms with van der Waals surface area (Å²) in [4.78, 5) is 17.3. The van der Waals surface area contributed by atoms with E-state index in [1.807, 2.05) is 48.7 Å². The first kappa shape index (κ1) is 35.4. The van der Waals surface area contributed by atoms with Gasteiger partial charge in [0.2, 0.25) is 5.71 Å². The van der Waals surface area contributed by atoms with Gasteiger partial charge in [0.05, 0.1) is 22.1 Å². The SMILES string of the molecule is c1ccc(-n2c(-c3ccc(N(c4ccc(-c5cnc6oc7ccccc7c6c5)cc4)c4ccc(-c5nc6ccccc6n5-c5ccccc5)cc4)cc3)nc3ccccc32)cc1. The Morgan fingerprint density at radius 2 is 0.839 bits per heavy atom. The lowest BCUT2D eigenvalue weighted by atomic mass is 10.0. The van der Waals surface area contributed by atoms with E-state index in [1.165, 1.54) is 0 Å².